The smallest absolute Gasteiger partial charge is 0.364 e. The molecule has 0 heterocycles. The van der Waals surface area contributed by atoms with Crippen molar-refractivity contribution in [2.45, 2.75) is 37.4 Å². The van der Waals surface area contributed by atoms with Crippen molar-refractivity contribution in [2.24, 2.45) is 5.92 Å². The average Bonchev–Trinajstić information content (AvgIpc) is 2.16. The van der Waals surface area contributed by atoms with Crippen molar-refractivity contribution in [1.82, 2.24) is 0 Å². The topological polar surface area (TPSA) is 121 Å². The molecule has 0 aromatic carbocycles. The van der Waals surface area contributed by atoms with Crippen molar-refractivity contribution < 1.29 is 24.4 Å². The Morgan fingerprint density at radius 1 is 1.31 bits per heavy atom. The van der Waals surface area contributed by atoms with E-state index in [-0.39, 0.29) is 0 Å². The SMILES string of the molecule is O=[N+]([O-])CC(O)(C1CCCCC1)P(=O)(O)O. The maximum Gasteiger partial charge on any atom is 0.364 e. The highest BCUT2D eigenvalue weighted by Gasteiger charge is 2.55. The summed E-state index contributed by atoms with van der Waals surface area (Å²) in [5.74, 6) is -0.688. The summed E-state index contributed by atoms with van der Waals surface area (Å²) < 4.78 is 11.2. The highest BCUT2D eigenvalue weighted by Crippen LogP contribution is 2.55. The Balaban J connectivity index is 2.93. The van der Waals surface area contributed by atoms with Crippen LogP contribution in [-0.2, 0) is 4.57 Å². The summed E-state index contributed by atoms with van der Waals surface area (Å²) in [6.07, 6.45) is 3.27. The van der Waals surface area contributed by atoms with E-state index in [0.29, 0.717) is 12.8 Å². The minimum Gasteiger partial charge on any atom is -0.372 e. The molecule has 0 aromatic heterocycles. The Hall–Kier alpha value is -0.490. The van der Waals surface area contributed by atoms with Crippen LogP contribution in [0.1, 0.15) is 32.1 Å². The van der Waals surface area contributed by atoms with Crippen LogP contribution in [0.5, 0.6) is 0 Å². The van der Waals surface area contributed by atoms with Crippen LogP contribution < -0.4 is 0 Å². The van der Waals surface area contributed by atoms with Crippen LogP contribution in [0, 0.1) is 16.0 Å². The van der Waals surface area contributed by atoms with Crippen molar-refractivity contribution in [3.63, 3.8) is 0 Å². The molecule has 1 aliphatic rings. The predicted octanol–water partition coefficient (Wildman–Crippen LogP) is 0.710. The summed E-state index contributed by atoms with van der Waals surface area (Å²) >= 11 is 0. The fourth-order valence-electron chi connectivity index (χ4n) is 2.21. The zero-order valence-electron chi connectivity index (χ0n) is 8.78. The molecule has 0 saturated heterocycles. The summed E-state index contributed by atoms with van der Waals surface area (Å²) in [5, 5.41) is 17.8. The number of nitro groups is 1. The molecular weight excluding hydrogens is 237 g/mol. The Kier molecular flexibility index (Phi) is 4.07. The highest BCUT2D eigenvalue weighted by atomic mass is 31.2. The van der Waals surface area contributed by atoms with Gasteiger partial charge in [0, 0.05) is 10.8 Å². The lowest BCUT2D eigenvalue weighted by molar-refractivity contribution is -0.497. The number of nitrogens with zero attached hydrogens (tertiary/aromatic N) is 1. The van der Waals surface area contributed by atoms with Gasteiger partial charge in [-0.2, -0.15) is 0 Å². The number of rotatable bonds is 4. The Bertz CT molecular complexity index is 310. The largest absolute Gasteiger partial charge is 0.372 e. The second-order valence-corrected chi connectivity index (χ2v) is 6.11. The Morgan fingerprint density at radius 3 is 2.19 bits per heavy atom. The first-order valence-corrected chi connectivity index (χ1v) is 6.78. The molecule has 16 heavy (non-hydrogen) atoms. The standard InChI is InChI=1S/C8H16NO6P/c10-8(6-9(11)12,16(13,14)15)7-4-2-1-3-5-7/h7,10H,1-6H2,(H2,13,14,15). The molecule has 7 nitrogen and oxygen atoms in total. The van der Waals surface area contributed by atoms with E-state index < -0.39 is 30.3 Å². The van der Waals surface area contributed by atoms with E-state index in [1.54, 1.807) is 0 Å². The second-order valence-electron chi connectivity index (χ2n) is 4.25. The average molecular weight is 253 g/mol. The molecule has 8 heteroatoms. The first-order chi connectivity index (χ1) is 7.27. The van der Waals surface area contributed by atoms with Crippen molar-refractivity contribution in [2.75, 3.05) is 6.54 Å². The van der Waals surface area contributed by atoms with Gasteiger partial charge in [-0.25, -0.2) is 0 Å². The Labute approximate surface area is 92.8 Å². The number of hydrogen-bond donors (Lipinski definition) is 3. The van der Waals surface area contributed by atoms with Gasteiger partial charge in [0.05, 0.1) is 0 Å². The zero-order chi connectivity index (χ0) is 12.4. The van der Waals surface area contributed by atoms with Gasteiger partial charge in [0.15, 0.2) is 0 Å². The van der Waals surface area contributed by atoms with E-state index in [2.05, 4.69) is 0 Å². The van der Waals surface area contributed by atoms with Crippen LogP contribution in [0.15, 0.2) is 0 Å². The predicted molar refractivity (Wildman–Crippen MR) is 55.4 cm³/mol. The van der Waals surface area contributed by atoms with E-state index in [0.717, 1.165) is 19.3 Å². The van der Waals surface area contributed by atoms with Crippen molar-refractivity contribution in [1.29, 1.82) is 0 Å². The van der Waals surface area contributed by atoms with Gasteiger partial charge in [0.1, 0.15) is 0 Å². The third-order valence-corrected chi connectivity index (χ3v) is 4.64. The lowest BCUT2D eigenvalue weighted by Gasteiger charge is -2.35. The monoisotopic (exact) mass is 253 g/mol. The number of hydrogen-bond acceptors (Lipinski definition) is 4. The van der Waals surface area contributed by atoms with Crippen molar-refractivity contribution in [3.05, 3.63) is 10.1 Å². The van der Waals surface area contributed by atoms with Gasteiger partial charge in [-0.05, 0) is 12.8 Å². The highest BCUT2D eigenvalue weighted by molar-refractivity contribution is 7.53. The van der Waals surface area contributed by atoms with Crippen LogP contribution >= 0.6 is 7.60 Å². The Morgan fingerprint density at radius 2 is 1.81 bits per heavy atom. The van der Waals surface area contributed by atoms with E-state index in [9.17, 15) is 19.8 Å². The molecule has 1 aliphatic carbocycles. The fourth-order valence-corrected chi connectivity index (χ4v) is 3.25. The molecular formula is C8H16NO6P. The van der Waals surface area contributed by atoms with Gasteiger partial charge in [-0.15, -0.1) is 0 Å². The molecule has 0 aliphatic heterocycles. The molecule has 0 spiro atoms. The van der Waals surface area contributed by atoms with Gasteiger partial charge >= 0.3 is 7.60 Å². The van der Waals surface area contributed by atoms with Crippen LogP contribution in [0.2, 0.25) is 0 Å². The summed E-state index contributed by atoms with van der Waals surface area (Å²) in [6, 6.07) is 0. The second kappa shape index (κ2) is 4.79. The van der Waals surface area contributed by atoms with Crippen molar-refractivity contribution >= 4 is 7.60 Å². The molecule has 0 bridgehead atoms. The quantitative estimate of drug-likeness (QED) is 0.385. The number of aliphatic hydroxyl groups is 1. The molecule has 0 amide bonds. The van der Waals surface area contributed by atoms with E-state index in [1.165, 1.54) is 0 Å². The molecule has 1 fully saturated rings. The third kappa shape index (κ3) is 2.79. The van der Waals surface area contributed by atoms with Gasteiger partial charge in [-0.1, -0.05) is 19.3 Å². The summed E-state index contributed by atoms with van der Waals surface area (Å²) in [5.41, 5.74) is 0. The molecule has 3 N–H and O–H groups in total. The van der Waals surface area contributed by atoms with Crippen molar-refractivity contribution in [3.8, 4) is 0 Å². The lowest BCUT2D eigenvalue weighted by atomic mass is 9.85. The molecule has 1 saturated carbocycles. The lowest BCUT2D eigenvalue weighted by Crippen LogP contribution is -2.45. The first kappa shape index (κ1) is 13.6. The normalized spacial score (nSPS) is 22.7. The summed E-state index contributed by atoms with van der Waals surface area (Å²) in [4.78, 5) is 27.7. The van der Waals surface area contributed by atoms with Gasteiger partial charge in [0.2, 0.25) is 11.9 Å². The molecule has 1 rings (SSSR count). The van der Waals surface area contributed by atoms with E-state index in [1.807, 2.05) is 0 Å². The molecule has 1 unspecified atom stereocenters. The summed E-state index contributed by atoms with van der Waals surface area (Å²) in [7, 11) is -4.90. The maximum absolute atomic E-state index is 11.2. The van der Waals surface area contributed by atoms with Crippen LogP contribution in [-0.4, -0.2) is 31.7 Å². The van der Waals surface area contributed by atoms with Gasteiger partial charge < -0.3 is 14.9 Å². The fraction of sp³-hybridized carbons (Fsp3) is 1.00. The van der Waals surface area contributed by atoms with Crippen LogP contribution in [0.3, 0.4) is 0 Å². The summed E-state index contributed by atoms with van der Waals surface area (Å²) in [6.45, 7) is -1.10. The molecule has 94 valence electrons. The minimum atomic E-state index is -4.90. The zero-order valence-corrected chi connectivity index (χ0v) is 9.68. The van der Waals surface area contributed by atoms with Gasteiger partial charge in [-0.3, -0.25) is 14.7 Å². The third-order valence-electron chi connectivity index (χ3n) is 3.13. The first-order valence-electron chi connectivity index (χ1n) is 5.17. The molecule has 0 radical (unpaired) electrons. The maximum atomic E-state index is 11.2. The van der Waals surface area contributed by atoms with Gasteiger partial charge in [0.25, 0.3) is 0 Å². The van der Waals surface area contributed by atoms with E-state index in [4.69, 9.17) is 9.79 Å². The van der Waals surface area contributed by atoms with Crippen LogP contribution in [0.4, 0.5) is 0 Å². The molecule has 0 aromatic rings. The van der Waals surface area contributed by atoms with Crippen LogP contribution in [0.25, 0.3) is 0 Å². The minimum absolute atomic E-state index is 0.426. The van der Waals surface area contributed by atoms with E-state index >= 15 is 0 Å². The molecule has 1 atom stereocenters.